The van der Waals surface area contributed by atoms with Crippen LogP contribution in [0.25, 0.3) is 76.5 Å². The standard InChI is InChI=1S/C34H16Cl2O4/c35-20-11-13-26-24(16-20)32(37)29-22-14-19(9-8-17(22)10-12-28(29)39-26)23-15-18-4-1-2-5-21(18)30-33(38)31-25(36)6-3-7-27(31)40-34(23)30/h1-16H. The first kappa shape index (κ1) is 23.3. The highest BCUT2D eigenvalue weighted by atomic mass is 35.5. The van der Waals surface area contributed by atoms with Crippen LogP contribution in [0.1, 0.15) is 0 Å². The van der Waals surface area contributed by atoms with Crippen molar-refractivity contribution >= 4 is 88.6 Å². The molecule has 2 heterocycles. The second-order valence-corrected chi connectivity index (χ2v) is 10.7. The van der Waals surface area contributed by atoms with E-state index in [9.17, 15) is 9.59 Å². The monoisotopic (exact) mass is 558 g/mol. The molecule has 0 N–H and O–H groups in total. The number of fused-ring (bicyclic) bond motifs is 8. The molecule has 0 unspecified atom stereocenters. The highest BCUT2D eigenvalue weighted by Crippen LogP contribution is 2.38. The molecule has 190 valence electrons. The minimum atomic E-state index is -0.185. The largest absolute Gasteiger partial charge is 0.456 e. The SMILES string of the molecule is O=c1c2cc(Cl)ccc2oc2ccc3ccc(-c4cc5ccccc5c5c(=O)c6c(Cl)cccc6oc45)cc3c12. The summed E-state index contributed by atoms with van der Waals surface area (Å²) in [5.41, 5.74) is 3.03. The molecule has 6 aromatic carbocycles. The zero-order valence-electron chi connectivity index (χ0n) is 20.6. The summed E-state index contributed by atoms with van der Waals surface area (Å²) in [6.07, 6.45) is 0. The summed E-state index contributed by atoms with van der Waals surface area (Å²) in [7, 11) is 0. The van der Waals surface area contributed by atoms with Gasteiger partial charge in [-0.3, -0.25) is 9.59 Å². The predicted molar refractivity (Wildman–Crippen MR) is 164 cm³/mol. The van der Waals surface area contributed by atoms with Crippen LogP contribution in [0.15, 0.2) is 115 Å². The Kier molecular flexibility index (Phi) is 4.90. The van der Waals surface area contributed by atoms with E-state index in [4.69, 9.17) is 32.0 Å². The lowest BCUT2D eigenvalue weighted by molar-refractivity contribution is 0.660. The average Bonchev–Trinajstić information content (AvgIpc) is 2.96. The van der Waals surface area contributed by atoms with Crippen molar-refractivity contribution in [2.45, 2.75) is 0 Å². The summed E-state index contributed by atoms with van der Waals surface area (Å²) < 4.78 is 12.5. The number of halogens is 2. The van der Waals surface area contributed by atoms with Crippen molar-refractivity contribution < 1.29 is 8.83 Å². The fourth-order valence-electron chi connectivity index (χ4n) is 5.73. The third kappa shape index (κ3) is 3.27. The molecule has 0 aliphatic rings. The summed E-state index contributed by atoms with van der Waals surface area (Å²) in [6, 6.07) is 29.6. The summed E-state index contributed by atoms with van der Waals surface area (Å²) in [4.78, 5) is 27.6. The van der Waals surface area contributed by atoms with E-state index in [0.29, 0.717) is 53.9 Å². The second kappa shape index (κ2) is 8.43. The Morgan fingerprint density at radius 2 is 1.32 bits per heavy atom. The van der Waals surface area contributed by atoms with Crippen LogP contribution in [-0.4, -0.2) is 0 Å². The molecule has 0 spiro atoms. The molecule has 8 rings (SSSR count). The summed E-state index contributed by atoms with van der Waals surface area (Å²) in [6.45, 7) is 0. The zero-order valence-corrected chi connectivity index (χ0v) is 22.1. The van der Waals surface area contributed by atoms with Crippen LogP contribution >= 0.6 is 23.2 Å². The van der Waals surface area contributed by atoms with Gasteiger partial charge in [0.2, 0.25) is 10.9 Å². The Bertz CT molecular complexity index is 2510. The molecule has 0 aliphatic heterocycles. The van der Waals surface area contributed by atoms with Crippen LogP contribution in [0, 0.1) is 0 Å². The van der Waals surface area contributed by atoms with Gasteiger partial charge in [-0.25, -0.2) is 0 Å². The Hall–Kier alpha value is -4.64. The first-order valence-corrected chi connectivity index (χ1v) is 13.4. The van der Waals surface area contributed by atoms with Gasteiger partial charge in [0.15, 0.2) is 0 Å². The topological polar surface area (TPSA) is 60.4 Å². The fourth-order valence-corrected chi connectivity index (χ4v) is 6.15. The molecule has 6 heteroatoms. The smallest absolute Gasteiger partial charge is 0.202 e. The third-order valence-corrected chi connectivity index (χ3v) is 8.12. The number of hydrogen-bond acceptors (Lipinski definition) is 4. The summed E-state index contributed by atoms with van der Waals surface area (Å²) >= 11 is 12.7. The summed E-state index contributed by atoms with van der Waals surface area (Å²) in [5, 5.41) is 5.81. The molecule has 40 heavy (non-hydrogen) atoms. The van der Waals surface area contributed by atoms with Crippen molar-refractivity contribution in [3.05, 3.63) is 128 Å². The maximum Gasteiger partial charge on any atom is 0.202 e. The van der Waals surface area contributed by atoms with Crippen LogP contribution in [0.5, 0.6) is 0 Å². The predicted octanol–water partition coefficient (Wildman–Crippen LogP) is 9.49. The first-order valence-electron chi connectivity index (χ1n) is 12.6. The van der Waals surface area contributed by atoms with Gasteiger partial charge in [0.05, 0.1) is 26.6 Å². The molecule has 0 saturated heterocycles. The van der Waals surface area contributed by atoms with Gasteiger partial charge in [-0.05, 0) is 75.6 Å². The van der Waals surface area contributed by atoms with Gasteiger partial charge < -0.3 is 8.83 Å². The van der Waals surface area contributed by atoms with E-state index >= 15 is 0 Å². The number of hydrogen-bond donors (Lipinski definition) is 0. The molecular formula is C34H16Cl2O4. The van der Waals surface area contributed by atoms with E-state index in [1.165, 1.54) is 0 Å². The Labute approximate surface area is 235 Å². The molecule has 8 aromatic rings. The van der Waals surface area contributed by atoms with E-state index in [0.717, 1.165) is 32.7 Å². The number of rotatable bonds is 1. The molecule has 0 amide bonds. The molecule has 2 aromatic heterocycles. The molecule has 0 radical (unpaired) electrons. The van der Waals surface area contributed by atoms with Crippen LogP contribution in [-0.2, 0) is 0 Å². The van der Waals surface area contributed by atoms with E-state index in [1.807, 2.05) is 60.7 Å². The summed E-state index contributed by atoms with van der Waals surface area (Å²) in [5.74, 6) is 0. The molecule has 0 saturated carbocycles. The minimum Gasteiger partial charge on any atom is -0.456 e. The van der Waals surface area contributed by atoms with Gasteiger partial charge in [-0.2, -0.15) is 0 Å². The van der Waals surface area contributed by atoms with Gasteiger partial charge in [-0.1, -0.05) is 71.7 Å². The molecule has 0 aliphatic carbocycles. The van der Waals surface area contributed by atoms with Crippen molar-refractivity contribution in [3.63, 3.8) is 0 Å². The highest BCUT2D eigenvalue weighted by molar-refractivity contribution is 6.35. The van der Waals surface area contributed by atoms with Gasteiger partial charge >= 0.3 is 0 Å². The van der Waals surface area contributed by atoms with Gasteiger partial charge in [0.1, 0.15) is 22.3 Å². The molecule has 4 nitrogen and oxygen atoms in total. The molecular weight excluding hydrogens is 543 g/mol. The molecule has 0 bridgehead atoms. The van der Waals surface area contributed by atoms with Crippen LogP contribution < -0.4 is 10.9 Å². The van der Waals surface area contributed by atoms with Gasteiger partial charge in [-0.15, -0.1) is 0 Å². The van der Waals surface area contributed by atoms with E-state index in [1.54, 1.807) is 36.4 Å². The first-order chi connectivity index (χ1) is 19.5. The van der Waals surface area contributed by atoms with Crippen molar-refractivity contribution in [1.29, 1.82) is 0 Å². The van der Waals surface area contributed by atoms with Crippen molar-refractivity contribution in [2.24, 2.45) is 0 Å². The second-order valence-electron chi connectivity index (χ2n) is 9.84. The maximum atomic E-state index is 13.9. The van der Waals surface area contributed by atoms with E-state index in [2.05, 4.69) is 0 Å². The molecule has 0 atom stereocenters. The van der Waals surface area contributed by atoms with Gasteiger partial charge in [0, 0.05) is 10.6 Å². The molecule has 0 fully saturated rings. The fraction of sp³-hybridized carbons (Fsp3) is 0. The van der Waals surface area contributed by atoms with Crippen molar-refractivity contribution in [2.75, 3.05) is 0 Å². The van der Waals surface area contributed by atoms with Crippen LogP contribution in [0.3, 0.4) is 0 Å². The van der Waals surface area contributed by atoms with Crippen LogP contribution in [0.4, 0.5) is 0 Å². The zero-order chi connectivity index (χ0) is 27.1. The lowest BCUT2D eigenvalue weighted by Crippen LogP contribution is -2.04. The van der Waals surface area contributed by atoms with Gasteiger partial charge in [0.25, 0.3) is 0 Å². The Morgan fingerprint density at radius 3 is 2.23 bits per heavy atom. The normalized spacial score (nSPS) is 11.9. The third-order valence-electron chi connectivity index (χ3n) is 7.57. The lowest BCUT2D eigenvalue weighted by Gasteiger charge is -2.13. The quantitative estimate of drug-likeness (QED) is 0.148. The Morgan fingerprint density at radius 1 is 0.525 bits per heavy atom. The van der Waals surface area contributed by atoms with Crippen molar-refractivity contribution in [1.82, 2.24) is 0 Å². The minimum absolute atomic E-state index is 0.156. The van der Waals surface area contributed by atoms with E-state index in [-0.39, 0.29) is 10.9 Å². The Balaban J connectivity index is 1.52. The highest BCUT2D eigenvalue weighted by Gasteiger charge is 2.19. The van der Waals surface area contributed by atoms with E-state index < -0.39 is 0 Å². The van der Waals surface area contributed by atoms with Crippen molar-refractivity contribution in [3.8, 4) is 11.1 Å². The maximum absolute atomic E-state index is 13.9. The number of benzene rings is 6. The van der Waals surface area contributed by atoms with Crippen LogP contribution in [0.2, 0.25) is 10.0 Å². The average molecular weight is 559 g/mol. The lowest BCUT2D eigenvalue weighted by atomic mass is 9.94.